The average Bonchev–Trinajstić information content (AvgIpc) is 3.12. The van der Waals surface area contributed by atoms with E-state index in [-0.39, 0.29) is 12.7 Å². The minimum Gasteiger partial charge on any atom is -0.454 e. The first-order chi connectivity index (χ1) is 11.0. The number of carbonyl (C=O) groups excluding carboxylic acids is 1. The fraction of sp³-hybridized carbons (Fsp3) is 0.250. The molecule has 0 fully saturated rings. The summed E-state index contributed by atoms with van der Waals surface area (Å²) in [5.41, 5.74) is 2.75. The summed E-state index contributed by atoms with van der Waals surface area (Å²) in [5, 5.41) is 7.41. The van der Waals surface area contributed by atoms with Gasteiger partial charge in [-0.25, -0.2) is 0 Å². The van der Waals surface area contributed by atoms with Gasteiger partial charge in [-0.3, -0.25) is 9.48 Å². The highest BCUT2D eigenvalue weighted by atomic mass is 35.5. The van der Waals surface area contributed by atoms with Crippen LogP contribution in [0, 0.1) is 6.92 Å². The molecule has 0 unspecified atom stereocenters. The lowest BCUT2D eigenvalue weighted by Crippen LogP contribution is -2.20. The Morgan fingerprint density at radius 3 is 3.04 bits per heavy atom. The van der Waals surface area contributed by atoms with Gasteiger partial charge in [0.2, 0.25) is 12.7 Å². The van der Waals surface area contributed by atoms with Crippen LogP contribution in [0.3, 0.4) is 0 Å². The van der Waals surface area contributed by atoms with Crippen molar-refractivity contribution in [3.8, 4) is 11.5 Å². The van der Waals surface area contributed by atoms with Gasteiger partial charge in [-0.15, -0.1) is 0 Å². The highest BCUT2D eigenvalue weighted by Gasteiger charge is 2.18. The monoisotopic (exact) mass is 333 g/mol. The smallest absolute Gasteiger partial charge is 0.244 e. The van der Waals surface area contributed by atoms with E-state index in [4.69, 9.17) is 21.1 Å². The van der Waals surface area contributed by atoms with E-state index in [2.05, 4.69) is 10.4 Å². The van der Waals surface area contributed by atoms with E-state index in [1.807, 2.05) is 20.0 Å². The molecule has 1 amide bonds. The first-order valence-corrected chi connectivity index (χ1v) is 7.45. The van der Waals surface area contributed by atoms with Crippen molar-refractivity contribution in [2.75, 3.05) is 6.79 Å². The van der Waals surface area contributed by atoms with Gasteiger partial charge in [0.1, 0.15) is 0 Å². The van der Waals surface area contributed by atoms with Crippen LogP contribution in [0.1, 0.15) is 16.8 Å². The maximum atomic E-state index is 11.9. The molecule has 2 heterocycles. The molecule has 1 aliphatic heterocycles. The van der Waals surface area contributed by atoms with E-state index in [1.165, 1.54) is 6.08 Å². The van der Waals surface area contributed by atoms with Gasteiger partial charge in [0, 0.05) is 30.9 Å². The molecule has 0 atom stereocenters. The maximum absolute atomic E-state index is 11.9. The minimum absolute atomic E-state index is 0.165. The summed E-state index contributed by atoms with van der Waals surface area (Å²) in [7, 11) is 1.86. The minimum atomic E-state index is -0.193. The number of amides is 1. The molecule has 1 N–H and O–H groups in total. The largest absolute Gasteiger partial charge is 0.454 e. The van der Waals surface area contributed by atoms with Crippen molar-refractivity contribution in [2.45, 2.75) is 13.5 Å². The molecular formula is C16H16ClN3O3. The zero-order valence-electron chi connectivity index (χ0n) is 12.8. The van der Waals surface area contributed by atoms with Crippen LogP contribution in [0.2, 0.25) is 5.02 Å². The molecule has 0 saturated carbocycles. The van der Waals surface area contributed by atoms with Gasteiger partial charge < -0.3 is 14.8 Å². The van der Waals surface area contributed by atoms with Crippen molar-refractivity contribution in [1.29, 1.82) is 0 Å². The van der Waals surface area contributed by atoms with E-state index in [0.29, 0.717) is 23.1 Å². The molecule has 1 aromatic carbocycles. The fourth-order valence-electron chi connectivity index (χ4n) is 2.22. The summed E-state index contributed by atoms with van der Waals surface area (Å²) in [6.45, 7) is 2.46. The molecule has 6 nitrogen and oxygen atoms in total. The lowest BCUT2D eigenvalue weighted by Gasteiger charge is -2.05. The number of halogens is 1. The molecule has 3 rings (SSSR count). The SMILES string of the molecule is Cc1c(/C=C/C(=O)NCc2cc(Cl)c3c(c2)OCO3)cnn1C. The third kappa shape index (κ3) is 3.32. The van der Waals surface area contributed by atoms with Gasteiger partial charge in [0.15, 0.2) is 11.5 Å². The van der Waals surface area contributed by atoms with Crippen LogP contribution < -0.4 is 14.8 Å². The van der Waals surface area contributed by atoms with Gasteiger partial charge in [0.25, 0.3) is 0 Å². The maximum Gasteiger partial charge on any atom is 0.244 e. The standard InChI is InChI=1S/C16H16ClN3O3/c1-10-12(8-19-20(10)2)3-4-15(21)18-7-11-5-13(17)16-14(6-11)22-9-23-16/h3-6,8H,7,9H2,1-2H3,(H,18,21)/b4-3+. The molecule has 120 valence electrons. The summed E-state index contributed by atoms with van der Waals surface area (Å²) < 4.78 is 12.3. The number of benzene rings is 1. The Labute approximate surface area is 138 Å². The Bertz CT molecular complexity index is 783. The molecule has 0 bridgehead atoms. The highest BCUT2D eigenvalue weighted by Crippen LogP contribution is 2.39. The Balaban J connectivity index is 1.61. The van der Waals surface area contributed by atoms with Crippen LogP contribution in [0.15, 0.2) is 24.4 Å². The van der Waals surface area contributed by atoms with Crippen molar-refractivity contribution in [2.24, 2.45) is 7.05 Å². The van der Waals surface area contributed by atoms with E-state index in [0.717, 1.165) is 16.8 Å². The lowest BCUT2D eigenvalue weighted by atomic mass is 10.2. The van der Waals surface area contributed by atoms with Gasteiger partial charge >= 0.3 is 0 Å². The average molecular weight is 334 g/mol. The van der Waals surface area contributed by atoms with Crippen molar-refractivity contribution >= 4 is 23.6 Å². The normalized spacial score (nSPS) is 12.8. The Morgan fingerprint density at radius 2 is 2.30 bits per heavy atom. The first-order valence-electron chi connectivity index (χ1n) is 7.07. The number of fused-ring (bicyclic) bond motifs is 1. The summed E-state index contributed by atoms with van der Waals surface area (Å²) in [6.07, 6.45) is 4.94. The number of rotatable bonds is 4. The number of hydrogen-bond acceptors (Lipinski definition) is 4. The number of hydrogen-bond donors (Lipinski definition) is 1. The molecule has 1 aromatic heterocycles. The number of aryl methyl sites for hydroxylation is 1. The quantitative estimate of drug-likeness (QED) is 0.873. The topological polar surface area (TPSA) is 65.4 Å². The van der Waals surface area contributed by atoms with Crippen molar-refractivity contribution in [3.05, 3.63) is 46.2 Å². The molecule has 0 spiro atoms. The molecule has 0 aliphatic carbocycles. The van der Waals surface area contributed by atoms with Crippen molar-refractivity contribution in [1.82, 2.24) is 15.1 Å². The van der Waals surface area contributed by atoms with Crippen LogP contribution in [0.5, 0.6) is 11.5 Å². The van der Waals surface area contributed by atoms with Crippen molar-refractivity contribution in [3.63, 3.8) is 0 Å². The molecule has 7 heteroatoms. The Morgan fingerprint density at radius 1 is 1.48 bits per heavy atom. The van der Waals surface area contributed by atoms with Crippen LogP contribution in [-0.4, -0.2) is 22.5 Å². The number of nitrogens with zero attached hydrogens (tertiary/aromatic N) is 2. The predicted octanol–water partition coefficient (Wildman–Crippen LogP) is 2.44. The predicted molar refractivity (Wildman–Crippen MR) is 86.4 cm³/mol. The van der Waals surface area contributed by atoms with Gasteiger partial charge in [0.05, 0.1) is 11.2 Å². The molecule has 23 heavy (non-hydrogen) atoms. The van der Waals surface area contributed by atoms with Gasteiger partial charge in [-0.2, -0.15) is 5.10 Å². The zero-order valence-corrected chi connectivity index (χ0v) is 13.6. The van der Waals surface area contributed by atoms with Gasteiger partial charge in [-0.05, 0) is 30.7 Å². The van der Waals surface area contributed by atoms with E-state index in [1.54, 1.807) is 23.0 Å². The first kappa shape index (κ1) is 15.4. The molecule has 0 radical (unpaired) electrons. The summed E-state index contributed by atoms with van der Waals surface area (Å²) >= 11 is 6.11. The van der Waals surface area contributed by atoms with Gasteiger partial charge in [-0.1, -0.05) is 11.6 Å². The van der Waals surface area contributed by atoms with E-state index < -0.39 is 0 Å². The second-order valence-corrected chi connectivity index (χ2v) is 5.58. The third-order valence-electron chi connectivity index (χ3n) is 3.64. The van der Waals surface area contributed by atoms with Crippen LogP contribution in [-0.2, 0) is 18.4 Å². The van der Waals surface area contributed by atoms with E-state index in [9.17, 15) is 4.79 Å². The Kier molecular flexibility index (Phi) is 4.25. The second kappa shape index (κ2) is 6.34. The molecule has 0 saturated heterocycles. The fourth-order valence-corrected chi connectivity index (χ4v) is 2.50. The number of carbonyl (C=O) groups is 1. The lowest BCUT2D eigenvalue weighted by molar-refractivity contribution is -0.116. The molecule has 1 aliphatic rings. The highest BCUT2D eigenvalue weighted by molar-refractivity contribution is 6.32. The van der Waals surface area contributed by atoms with Crippen LogP contribution >= 0.6 is 11.6 Å². The number of aromatic nitrogens is 2. The summed E-state index contributed by atoms with van der Waals surface area (Å²) in [5.74, 6) is 0.957. The number of ether oxygens (including phenoxy) is 2. The molecule has 2 aromatic rings. The van der Waals surface area contributed by atoms with Crippen molar-refractivity contribution < 1.29 is 14.3 Å². The molecular weight excluding hydrogens is 318 g/mol. The van der Waals surface area contributed by atoms with E-state index >= 15 is 0 Å². The third-order valence-corrected chi connectivity index (χ3v) is 3.92. The second-order valence-electron chi connectivity index (χ2n) is 5.17. The zero-order chi connectivity index (χ0) is 16.4. The summed E-state index contributed by atoms with van der Waals surface area (Å²) in [6, 6.07) is 3.56. The number of nitrogens with one attached hydrogen (secondary N) is 1. The summed E-state index contributed by atoms with van der Waals surface area (Å²) in [4.78, 5) is 11.9. The van der Waals surface area contributed by atoms with Crippen LogP contribution in [0.4, 0.5) is 0 Å². The van der Waals surface area contributed by atoms with Crippen LogP contribution in [0.25, 0.3) is 6.08 Å². The Hall–Kier alpha value is -2.47.